The predicted octanol–water partition coefficient (Wildman–Crippen LogP) is 2.75. The quantitative estimate of drug-likeness (QED) is 0.675. The molecular weight excluding hydrogens is 452 g/mol. The molecule has 1 unspecified atom stereocenters. The van der Waals surface area contributed by atoms with Gasteiger partial charge in [0.25, 0.3) is 21.9 Å². The number of nitrogens with zero attached hydrogens (tertiary/aromatic N) is 1. The van der Waals surface area contributed by atoms with Crippen LogP contribution in [0.2, 0.25) is 5.02 Å². The zero-order valence-electron chi connectivity index (χ0n) is 16.8. The van der Waals surface area contributed by atoms with Crippen LogP contribution in [-0.2, 0) is 21.2 Å². The maximum Gasteiger partial charge on any atom is 0.282 e. The fraction of sp³-hybridized carbons (Fsp3) is 0.450. The Balaban J connectivity index is 1.55. The van der Waals surface area contributed by atoms with Crippen molar-refractivity contribution in [3.63, 3.8) is 0 Å². The first kappa shape index (κ1) is 22.2. The lowest BCUT2D eigenvalue weighted by atomic mass is 9.91. The lowest BCUT2D eigenvalue weighted by Crippen LogP contribution is -2.58. The lowest BCUT2D eigenvalue weighted by molar-refractivity contribution is -0.113. The number of benzene rings is 1. The van der Waals surface area contributed by atoms with Crippen LogP contribution in [0.25, 0.3) is 0 Å². The minimum Gasteiger partial charge on any atom is -0.379 e. The van der Waals surface area contributed by atoms with Crippen molar-refractivity contribution < 1.29 is 26.7 Å². The molecule has 2 aliphatic heterocycles. The van der Waals surface area contributed by atoms with Crippen molar-refractivity contribution in [2.24, 2.45) is 0 Å². The third-order valence-corrected chi connectivity index (χ3v) is 7.30. The molecule has 0 bridgehead atoms. The normalized spacial score (nSPS) is 23.0. The van der Waals surface area contributed by atoms with Crippen molar-refractivity contribution in [3.8, 4) is 0 Å². The van der Waals surface area contributed by atoms with Crippen LogP contribution in [0.15, 0.2) is 35.4 Å². The van der Waals surface area contributed by atoms with Gasteiger partial charge in [-0.3, -0.25) is 4.79 Å². The number of nitrogens with one attached hydrogen (secondary N) is 2. The van der Waals surface area contributed by atoms with Crippen LogP contribution in [-0.4, -0.2) is 62.0 Å². The SMILES string of the molecule is Cc1[nH]c(S(=O)(=O)NC2(Cc3ccc(Cl)cc3)CCOC2)cc1C(=O)N1CC(F)(F)C1. The zero-order valence-corrected chi connectivity index (χ0v) is 18.3. The maximum absolute atomic E-state index is 13.1. The van der Waals surface area contributed by atoms with Crippen LogP contribution in [0.1, 0.15) is 28.0 Å². The van der Waals surface area contributed by atoms with Crippen molar-refractivity contribution in [2.45, 2.75) is 36.3 Å². The number of hydrogen-bond donors (Lipinski definition) is 2. The number of aryl methyl sites for hydroxylation is 1. The third-order valence-electron chi connectivity index (χ3n) is 5.55. The summed E-state index contributed by atoms with van der Waals surface area (Å²) in [4.78, 5) is 16.2. The van der Waals surface area contributed by atoms with E-state index in [9.17, 15) is 22.0 Å². The molecule has 3 heterocycles. The van der Waals surface area contributed by atoms with E-state index in [2.05, 4.69) is 9.71 Å². The van der Waals surface area contributed by atoms with Gasteiger partial charge in [-0.1, -0.05) is 23.7 Å². The number of ether oxygens (including phenoxy) is 1. The number of H-pyrrole nitrogens is 1. The predicted molar refractivity (Wildman–Crippen MR) is 110 cm³/mol. The highest BCUT2D eigenvalue weighted by molar-refractivity contribution is 7.89. The molecule has 0 saturated carbocycles. The van der Waals surface area contributed by atoms with E-state index in [4.69, 9.17) is 16.3 Å². The average molecular weight is 474 g/mol. The van der Waals surface area contributed by atoms with Gasteiger partial charge in [-0.05, 0) is 43.5 Å². The third kappa shape index (κ3) is 4.62. The highest BCUT2D eigenvalue weighted by Crippen LogP contribution is 2.30. The van der Waals surface area contributed by atoms with E-state index in [0.717, 1.165) is 10.5 Å². The van der Waals surface area contributed by atoms with Gasteiger partial charge in [-0.2, -0.15) is 0 Å². The number of hydrogen-bond acceptors (Lipinski definition) is 4. The van der Waals surface area contributed by atoms with E-state index < -0.39 is 40.5 Å². The molecule has 2 aliphatic rings. The van der Waals surface area contributed by atoms with Crippen molar-refractivity contribution in [3.05, 3.63) is 52.2 Å². The van der Waals surface area contributed by atoms with Gasteiger partial charge < -0.3 is 14.6 Å². The summed E-state index contributed by atoms with van der Waals surface area (Å²) in [5, 5.41) is 0.392. The van der Waals surface area contributed by atoms with Crippen LogP contribution in [0.5, 0.6) is 0 Å². The Morgan fingerprint density at radius 1 is 1.29 bits per heavy atom. The number of likely N-dealkylation sites (tertiary alicyclic amines) is 1. The van der Waals surface area contributed by atoms with E-state index in [1.807, 2.05) is 12.1 Å². The van der Waals surface area contributed by atoms with E-state index in [-0.39, 0.29) is 17.2 Å². The summed E-state index contributed by atoms with van der Waals surface area (Å²) in [6, 6.07) is 8.33. The average Bonchev–Trinajstić information content (AvgIpc) is 3.28. The molecule has 7 nitrogen and oxygen atoms in total. The summed E-state index contributed by atoms with van der Waals surface area (Å²) in [7, 11) is -4.03. The summed E-state index contributed by atoms with van der Waals surface area (Å²) < 4.78 is 60.7. The largest absolute Gasteiger partial charge is 0.379 e. The molecule has 11 heteroatoms. The van der Waals surface area contributed by atoms with Crippen molar-refractivity contribution >= 4 is 27.5 Å². The highest BCUT2D eigenvalue weighted by Gasteiger charge is 2.47. The Bertz CT molecular complexity index is 1090. The smallest absolute Gasteiger partial charge is 0.282 e. The molecule has 2 aromatic rings. The van der Waals surface area contributed by atoms with Crippen molar-refractivity contribution in [1.29, 1.82) is 0 Å². The fourth-order valence-electron chi connectivity index (χ4n) is 3.92. The first-order valence-corrected chi connectivity index (χ1v) is 11.6. The molecule has 1 atom stereocenters. The molecule has 2 saturated heterocycles. The van der Waals surface area contributed by atoms with Crippen molar-refractivity contribution in [2.75, 3.05) is 26.3 Å². The van der Waals surface area contributed by atoms with Crippen molar-refractivity contribution in [1.82, 2.24) is 14.6 Å². The fourth-order valence-corrected chi connectivity index (χ4v) is 5.52. The van der Waals surface area contributed by atoms with Gasteiger partial charge >= 0.3 is 0 Å². The van der Waals surface area contributed by atoms with Gasteiger partial charge in [-0.15, -0.1) is 0 Å². The zero-order chi connectivity index (χ0) is 22.4. The second-order valence-electron chi connectivity index (χ2n) is 8.18. The number of alkyl halides is 2. The van der Waals surface area contributed by atoms with Gasteiger partial charge in [0.1, 0.15) is 5.03 Å². The lowest BCUT2D eigenvalue weighted by Gasteiger charge is -2.38. The first-order valence-electron chi connectivity index (χ1n) is 9.72. The number of sulfonamides is 1. The molecule has 1 amide bonds. The molecule has 4 rings (SSSR count). The minimum atomic E-state index is -4.03. The summed E-state index contributed by atoms with van der Waals surface area (Å²) >= 11 is 5.93. The molecule has 168 valence electrons. The molecule has 2 fully saturated rings. The second-order valence-corrected chi connectivity index (χ2v) is 10.3. The van der Waals surface area contributed by atoms with Crippen LogP contribution >= 0.6 is 11.6 Å². The number of rotatable bonds is 6. The number of amides is 1. The number of carbonyl (C=O) groups excluding carboxylic acids is 1. The highest BCUT2D eigenvalue weighted by atomic mass is 35.5. The van der Waals surface area contributed by atoms with E-state index in [1.54, 1.807) is 12.1 Å². The molecule has 2 N–H and O–H groups in total. The Labute approximate surface area is 183 Å². The van der Waals surface area contributed by atoms with Crippen LogP contribution in [0, 0.1) is 6.92 Å². The van der Waals surface area contributed by atoms with Gasteiger partial charge in [0.15, 0.2) is 0 Å². The van der Waals surface area contributed by atoms with Crippen LogP contribution < -0.4 is 4.72 Å². The molecule has 0 spiro atoms. The number of halogens is 3. The van der Waals surface area contributed by atoms with Gasteiger partial charge in [0, 0.05) is 17.3 Å². The Morgan fingerprint density at radius 2 is 1.97 bits per heavy atom. The Hall–Kier alpha value is -2.01. The standard InChI is InChI=1S/C20H22ClF2N3O4S/c1-13-16(18(27)26-10-20(22,23)11-26)8-17(24-13)31(28,29)25-19(6-7-30-12-19)9-14-2-4-15(21)5-3-14/h2-5,8,24-25H,6-7,9-12H2,1H3. The maximum atomic E-state index is 13.1. The summed E-state index contributed by atoms with van der Waals surface area (Å²) in [6.45, 7) is 0.805. The van der Waals surface area contributed by atoms with E-state index in [0.29, 0.717) is 30.2 Å². The second kappa shape index (κ2) is 7.84. The Morgan fingerprint density at radius 3 is 2.55 bits per heavy atom. The van der Waals surface area contributed by atoms with Crippen LogP contribution in [0.4, 0.5) is 8.78 Å². The summed E-state index contributed by atoms with van der Waals surface area (Å²) in [6.07, 6.45) is 0.876. The summed E-state index contributed by atoms with van der Waals surface area (Å²) in [5.74, 6) is -3.52. The molecule has 0 aliphatic carbocycles. The van der Waals surface area contributed by atoms with E-state index in [1.165, 1.54) is 13.0 Å². The first-order chi connectivity index (χ1) is 14.5. The van der Waals surface area contributed by atoms with Gasteiger partial charge in [0.2, 0.25) is 0 Å². The number of carbonyl (C=O) groups is 1. The molecule has 1 aromatic carbocycles. The Kier molecular flexibility index (Phi) is 5.61. The number of aromatic amines is 1. The molecule has 31 heavy (non-hydrogen) atoms. The minimum absolute atomic E-state index is 0.0605. The summed E-state index contributed by atoms with van der Waals surface area (Å²) in [5.41, 5.74) is 0.408. The van der Waals surface area contributed by atoms with E-state index >= 15 is 0 Å². The van der Waals surface area contributed by atoms with Gasteiger partial charge in [0.05, 0.1) is 30.8 Å². The topological polar surface area (TPSA) is 91.5 Å². The van der Waals surface area contributed by atoms with Crippen LogP contribution in [0.3, 0.4) is 0 Å². The molecular formula is C20H22ClF2N3O4S. The number of aromatic nitrogens is 1. The van der Waals surface area contributed by atoms with Gasteiger partial charge in [-0.25, -0.2) is 21.9 Å². The monoisotopic (exact) mass is 473 g/mol. The molecule has 0 radical (unpaired) electrons. The molecule has 1 aromatic heterocycles.